The lowest BCUT2D eigenvalue weighted by atomic mass is 9.94. The zero-order valence-electron chi connectivity index (χ0n) is 18.5. The molecule has 0 unspecified atom stereocenters. The predicted octanol–water partition coefficient (Wildman–Crippen LogP) is 2.49. The number of hydrogen-bond donors (Lipinski definition) is 4. The number of benzene rings is 1. The Kier molecular flexibility index (Phi) is 8.30. The summed E-state index contributed by atoms with van der Waals surface area (Å²) in [5.74, 6) is -6.41. The van der Waals surface area contributed by atoms with Gasteiger partial charge in [-0.2, -0.15) is 0 Å². The summed E-state index contributed by atoms with van der Waals surface area (Å²) >= 11 is 1.13. The Morgan fingerprint density at radius 3 is 2.57 bits per heavy atom. The largest absolute Gasteiger partial charge is 0.481 e. The molecule has 3 rings (SSSR count). The lowest BCUT2D eigenvalue weighted by molar-refractivity contribution is -0.149. The van der Waals surface area contributed by atoms with Crippen molar-refractivity contribution in [1.82, 2.24) is 4.90 Å². The van der Waals surface area contributed by atoms with Gasteiger partial charge >= 0.3 is 17.9 Å². The molecule has 2 aromatic rings. The number of carbonyl (C=O) groups excluding carboxylic acids is 2. The van der Waals surface area contributed by atoms with E-state index in [0.29, 0.717) is 19.5 Å². The number of amidine groups is 1. The smallest absolute Gasteiger partial charge is 0.353 e. The summed E-state index contributed by atoms with van der Waals surface area (Å²) in [6.07, 6.45) is 0.276. The topological polar surface area (TPSA) is 171 Å². The van der Waals surface area contributed by atoms with Crippen LogP contribution in [0, 0.1) is 17.1 Å². The molecule has 1 aromatic carbocycles. The van der Waals surface area contributed by atoms with E-state index in [-0.39, 0.29) is 34.2 Å². The Morgan fingerprint density at radius 2 is 1.94 bits per heavy atom. The number of thiophene rings is 1. The van der Waals surface area contributed by atoms with E-state index in [0.717, 1.165) is 28.7 Å². The number of carboxylic acid groups (broad SMARTS) is 2. The van der Waals surface area contributed by atoms with Gasteiger partial charge in [0.1, 0.15) is 10.7 Å². The van der Waals surface area contributed by atoms with Crippen molar-refractivity contribution in [2.75, 3.05) is 6.54 Å². The van der Waals surface area contributed by atoms with Crippen molar-refractivity contribution in [3.63, 3.8) is 0 Å². The van der Waals surface area contributed by atoms with Gasteiger partial charge in [0.05, 0.1) is 18.4 Å². The number of hydrogen-bond acceptors (Lipinski definition) is 8. The molecule has 1 aliphatic rings. The number of carboxylic acids is 2. The molecular weight excluding hydrogens is 481 g/mol. The van der Waals surface area contributed by atoms with Gasteiger partial charge in [-0.15, -0.1) is 11.3 Å². The average molecular weight is 506 g/mol. The molecule has 35 heavy (non-hydrogen) atoms. The van der Waals surface area contributed by atoms with Crippen LogP contribution in [0.3, 0.4) is 0 Å². The van der Waals surface area contributed by atoms with E-state index in [1.54, 1.807) is 6.07 Å². The summed E-state index contributed by atoms with van der Waals surface area (Å²) in [5.41, 5.74) is 5.48. The van der Waals surface area contributed by atoms with Gasteiger partial charge in [-0.3, -0.25) is 24.7 Å². The van der Waals surface area contributed by atoms with Gasteiger partial charge in [-0.1, -0.05) is 0 Å². The standard InChI is InChI=1S/C23H24FN3O7S/c24-15-8-12(21(25)26)3-5-18(15)34-23(33)19-6-4-14(35-19)11-27-7-1-2-16(27)17(28)9-13(22(31)32)10-20(29)30/h3-6,8,13,16H,1-2,7,9-11H2,(H3,25,26)(H,29,30)(H,31,32)/t13-,16-/m1/s1. The third-order valence-corrected chi connectivity index (χ3v) is 6.67. The third kappa shape index (κ3) is 6.70. The van der Waals surface area contributed by atoms with E-state index < -0.39 is 42.1 Å². The maximum atomic E-state index is 14.2. The number of nitrogen functional groups attached to an aromatic ring is 1. The fraction of sp³-hybridized carbons (Fsp3) is 0.348. The van der Waals surface area contributed by atoms with Crippen LogP contribution < -0.4 is 10.5 Å². The molecule has 10 nitrogen and oxygen atoms in total. The van der Waals surface area contributed by atoms with Crippen LogP contribution in [0.4, 0.5) is 4.39 Å². The van der Waals surface area contributed by atoms with Gasteiger partial charge in [0.15, 0.2) is 17.3 Å². The van der Waals surface area contributed by atoms with Crippen molar-refractivity contribution in [3.05, 3.63) is 51.5 Å². The first-order valence-electron chi connectivity index (χ1n) is 10.7. The van der Waals surface area contributed by atoms with E-state index in [1.165, 1.54) is 18.2 Å². The SMILES string of the molecule is N=C(N)c1ccc(OC(=O)c2ccc(CN3CCC[C@@H]3C(=O)C[C@H](CC(=O)O)C(=O)O)s2)c(F)c1. The number of carbonyl (C=O) groups is 4. The normalized spacial score (nSPS) is 16.5. The second-order valence-corrected chi connectivity index (χ2v) is 9.31. The second-order valence-electron chi connectivity index (χ2n) is 8.15. The number of ether oxygens (including phenoxy) is 1. The van der Waals surface area contributed by atoms with Crippen molar-refractivity contribution in [1.29, 1.82) is 5.41 Å². The summed E-state index contributed by atoms with van der Waals surface area (Å²) in [6.45, 7) is 0.936. The zero-order valence-corrected chi connectivity index (χ0v) is 19.3. The molecule has 0 radical (unpaired) electrons. The van der Waals surface area contributed by atoms with Crippen molar-refractivity contribution in [2.24, 2.45) is 11.7 Å². The highest BCUT2D eigenvalue weighted by atomic mass is 32.1. The number of nitrogens with one attached hydrogen (secondary N) is 1. The molecule has 5 N–H and O–H groups in total. The van der Waals surface area contributed by atoms with Gasteiger partial charge in [-0.05, 0) is 49.7 Å². The van der Waals surface area contributed by atoms with Crippen LogP contribution in [-0.4, -0.2) is 57.2 Å². The van der Waals surface area contributed by atoms with Crippen LogP contribution in [0.5, 0.6) is 5.75 Å². The lowest BCUT2D eigenvalue weighted by Gasteiger charge is -2.23. The number of rotatable bonds is 11. The molecule has 0 bridgehead atoms. The van der Waals surface area contributed by atoms with Crippen molar-refractivity contribution >= 4 is 40.9 Å². The molecule has 12 heteroatoms. The Labute approximate surface area is 203 Å². The Hall–Kier alpha value is -3.64. The summed E-state index contributed by atoms with van der Waals surface area (Å²) in [4.78, 5) is 50.3. The lowest BCUT2D eigenvalue weighted by Crippen LogP contribution is -2.37. The maximum Gasteiger partial charge on any atom is 0.353 e. The van der Waals surface area contributed by atoms with E-state index in [2.05, 4.69) is 0 Å². The summed E-state index contributed by atoms with van der Waals surface area (Å²) in [7, 11) is 0. The van der Waals surface area contributed by atoms with E-state index in [9.17, 15) is 28.7 Å². The maximum absolute atomic E-state index is 14.2. The van der Waals surface area contributed by atoms with Crippen molar-refractivity contribution in [3.8, 4) is 5.75 Å². The number of likely N-dealkylation sites (tertiary alicyclic amines) is 1. The molecule has 1 saturated heterocycles. The van der Waals surface area contributed by atoms with Crippen LogP contribution in [0.15, 0.2) is 30.3 Å². The Balaban J connectivity index is 1.63. The predicted molar refractivity (Wildman–Crippen MR) is 123 cm³/mol. The number of nitrogens with zero attached hydrogens (tertiary/aromatic N) is 1. The first-order valence-corrected chi connectivity index (χ1v) is 11.5. The minimum atomic E-state index is -1.32. The number of ketones is 1. The molecule has 0 aliphatic carbocycles. The van der Waals surface area contributed by atoms with Gasteiger partial charge in [0.2, 0.25) is 0 Å². The molecule has 0 amide bonds. The first kappa shape index (κ1) is 26.0. The number of aliphatic carboxylic acids is 2. The van der Waals surface area contributed by atoms with Gasteiger partial charge < -0.3 is 20.7 Å². The quantitative estimate of drug-likeness (QED) is 0.155. The second kappa shape index (κ2) is 11.2. The van der Waals surface area contributed by atoms with Gasteiger partial charge in [0.25, 0.3) is 0 Å². The molecule has 186 valence electrons. The molecule has 1 fully saturated rings. The highest BCUT2D eigenvalue weighted by molar-refractivity contribution is 7.13. The molecule has 1 aliphatic heterocycles. The van der Waals surface area contributed by atoms with Crippen LogP contribution in [0.25, 0.3) is 0 Å². The highest BCUT2D eigenvalue weighted by Crippen LogP contribution is 2.28. The summed E-state index contributed by atoms with van der Waals surface area (Å²) in [5, 5.41) is 25.4. The average Bonchev–Trinajstić information content (AvgIpc) is 3.44. The highest BCUT2D eigenvalue weighted by Gasteiger charge is 2.34. The minimum Gasteiger partial charge on any atom is -0.481 e. The van der Waals surface area contributed by atoms with Crippen molar-refractivity contribution < 1.29 is 38.5 Å². The van der Waals surface area contributed by atoms with Crippen LogP contribution in [0.1, 0.15) is 45.8 Å². The van der Waals surface area contributed by atoms with E-state index >= 15 is 0 Å². The molecule has 0 saturated carbocycles. The Morgan fingerprint density at radius 1 is 1.20 bits per heavy atom. The number of Topliss-reactive ketones (excluding diaryl/α,β-unsaturated/α-hetero) is 1. The first-order chi connectivity index (χ1) is 16.5. The van der Waals surface area contributed by atoms with Crippen LogP contribution >= 0.6 is 11.3 Å². The monoisotopic (exact) mass is 505 g/mol. The summed E-state index contributed by atoms with van der Waals surface area (Å²) in [6, 6.07) is 6.28. The summed E-state index contributed by atoms with van der Waals surface area (Å²) < 4.78 is 19.3. The van der Waals surface area contributed by atoms with Crippen LogP contribution in [0.2, 0.25) is 0 Å². The van der Waals surface area contributed by atoms with Crippen molar-refractivity contribution in [2.45, 2.75) is 38.3 Å². The van der Waals surface area contributed by atoms with E-state index in [1.807, 2.05) is 4.90 Å². The molecule has 2 heterocycles. The molecular formula is C23H24FN3O7S. The molecule has 2 atom stereocenters. The number of esters is 1. The van der Waals surface area contributed by atoms with E-state index in [4.69, 9.17) is 21.0 Å². The van der Waals surface area contributed by atoms with Crippen LogP contribution in [-0.2, 0) is 20.9 Å². The third-order valence-electron chi connectivity index (χ3n) is 5.62. The number of nitrogens with two attached hydrogens (primary N) is 1. The van der Waals surface area contributed by atoms with Gasteiger partial charge in [0, 0.05) is 23.4 Å². The Bertz CT molecular complexity index is 1170. The molecule has 0 spiro atoms. The fourth-order valence-corrected chi connectivity index (χ4v) is 4.80. The fourth-order valence-electron chi connectivity index (χ4n) is 3.89. The number of halogens is 1. The molecule has 1 aromatic heterocycles. The van der Waals surface area contributed by atoms with Gasteiger partial charge in [-0.25, -0.2) is 9.18 Å². The zero-order chi connectivity index (χ0) is 25.7. The minimum absolute atomic E-state index is 0.160.